The van der Waals surface area contributed by atoms with Crippen molar-refractivity contribution in [3.05, 3.63) is 60.0 Å². The van der Waals surface area contributed by atoms with Crippen LogP contribution in [0.5, 0.6) is 5.75 Å². The minimum atomic E-state index is -4.45. The van der Waals surface area contributed by atoms with Gasteiger partial charge in [0.25, 0.3) is 0 Å². The number of halogens is 3. The van der Waals surface area contributed by atoms with Gasteiger partial charge in [-0.1, -0.05) is 17.3 Å². The van der Waals surface area contributed by atoms with Gasteiger partial charge < -0.3 is 19.5 Å². The van der Waals surface area contributed by atoms with Gasteiger partial charge in [0.1, 0.15) is 5.75 Å². The monoisotopic (exact) mass is 418 g/mol. The first kappa shape index (κ1) is 19.7. The van der Waals surface area contributed by atoms with Gasteiger partial charge >= 0.3 is 12.2 Å². The lowest BCUT2D eigenvalue weighted by molar-refractivity contribution is -0.137. The highest BCUT2D eigenvalue weighted by Gasteiger charge is 2.36. The van der Waals surface area contributed by atoms with Crippen molar-refractivity contribution in [2.45, 2.75) is 12.1 Å². The van der Waals surface area contributed by atoms with Crippen LogP contribution in [0, 0.1) is 0 Å². The average Bonchev–Trinajstić information content (AvgIpc) is 3.16. The van der Waals surface area contributed by atoms with Crippen molar-refractivity contribution >= 4 is 11.7 Å². The fraction of sp³-hybridized carbons (Fsp3) is 0.250. The van der Waals surface area contributed by atoms with E-state index in [1.807, 2.05) is 0 Å². The van der Waals surface area contributed by atoms with Crippen molar-refractivity contribution in [1.82, 2.24) is 15.0 Å². The van der Waals surface area contributed by atoms with E-state index in [2.05, 4.69) is 15.5 Å². The highest BCUT2D eigenvalue weighted by atomic mass is 19.4. The number of benzene rings is 2. The van der Waals surface area contributed by atoms with E-state index < -0.39 is 11.7 Å². The summed E-state index contributed by atoms with van der Waals surface area (Å²) in [6.45, 7) is 0.735. The van der Waals surface area contributed by atoms with Crippen molar-refractivity contribution in [3.63, 3.8) is 0 Å². The summed E-state index contributed by atoms with van der Waals surface area (Å²) < 4.78 is 48.9. The fourth-order valence-corrected chi connectivity index (χ4v) is 3.03. The number of alkyl halides is 3. The molecule has 4 rings (SSSR count). The van der Waals surface area contributed by atoms with Crippen molar-refractivity contribution in [1.29, 1.82) is 0 Å². The van der Waals surface area contributed by atoms with Gasteiger partial charge in [0.15, 0.2) is 0 Å². The van der Waals surface area contributed by atoms with Crippen LogP contribution in [-0.2, 0) is 6.18 Å². The smallest absolute Gasteiger partial charge is 0.416 e. The van der Waals surface area contributed by atoms with Crippen LogP contribution in [0.15, 0.2) is 53.1 Å². The second kappa shape index (κ2) is 7.69. The van der Waals surface area contributed by atoms with Crippen LogP contribution in [0.4, 0.5) is 23.7 Å². The van der Waals surface area contributed by atoms with E-state index in [0.29, 0.717) is 24.5 Å². The van der Waals surface area contributed by atoms with Crippen LogP contribution >= 0.6 is 0 Å². The Kier molecular flexibility index (Phi) is 5.06. The van der Waals surface area contributed by atoms with E-state index in [-0.39, 0.29) is 29.2 Å². The molecule has 2 amide bonds. The molecule has 0 radical (unpaired) electrons. The Bertz CT molecular complexity index is 1040. The average molecular weight is 418 g/mol. The standard InChI is InChI=1S/C20H17F3N4O3/c1-29-16-7-5-15(6-8-16)24-19(28)27-10-13(11-27)18-25-17(26-30-18)12-3-2-4-14(9-12)20(21,22)23/h2-9,13H,10-11H2,1H3,(H,24,28). The number of hydrogen-bond acceptors (Lipinski definition) is 5. The Morgan fingerprint density at radius 2 is 1.93 bits per heavy atom. The number of likely N-dealkylation sites (tertiary alicyclic amines) is 1. The molecular formula is C20H17F3N4O3. The molecule has 1 aliphatic heterocycles. The first-order chi connectivity index (χ1) is 14.3. The predicted octanol–water partition coefficient (Wildman–Crippen LogP) is 4.40. The lowest BCUT2D eigenvalue weighted by atomic mass is 10.0. The molecule has 2 aromatic carbocycles. The summed E-state index contributed by atoms with van der Waals surface area (Å²) in [7, 11) is 1.56. The summed E-state index contributed by atoms with van der Waals surface area (Å²) in [5.74, 6) is 0.886. The molecule has 1 aromatic heterocycles. The van der Waals surface area contributed by atoms with Gasteiger partial charge in [0, 0.05) is 24.3 Å². The van der Waals surface area contributed by atoms with E-state index in [9.17, 15) is 18.0 Å². The van der Waals surface area contributed by atoms with E-state index in [1.165, 1.54) is 12.1 Å². The zero-order valence-corrected chi connectivity index (χ0v) is 15.8. The molecule has 1 saturated heterocycles. The van der Waals surface area contributed by atoms with E-state index in [0.717, 1.165) is 12.1 Å². The largest absolute Gasteiger partial charge is 0.497 e. The minimum absolute atomic E-state index is 0.0808. The Morgan fingerprint density at radius 3 is 2.60 bits per heavy atom. The number of methoxy groups -OCH3 is 1. The third kappa shape index (κ3) is 4.07. The number of rotatable bonds is 4. The third-order valence-electron chi connectivity index (χ3n) is 4.75. The number of carbonyl (C=O) groups excluding carboxylic acids is 1. The van der Waals surface area contributed by atoms with Gasteiger partial charge in [-0.2, -0.15) is 18.2 Å². The molecule has 1 N–H and O–H groups in total. The second-order valence-electron chi connectivity index (χ2n) is 6.80. The number of hydrogen-bond donors (Lipinski definition) is 1. The summed E-state index contributed by atoms with van der Waals surface area (Å²) in [5.41, 5.74) is 0.0681. The topological polar surface area (TPSA) is 80.5 Å². The number of nitrogens with zero attached hydrogens (tertiary/aromatic N) is 3. The molecule has 0 bridgehead atoms. The molecule has 0 atom stereocenters. The zero-order valence-electron chi connectivity index (χ0n) is 15.8. The van der Waals surface area contributed by atoms with Gasteiger partial charge in [0.05, 0.1) is 18.6 Å². The van der Waals surface area contributed by atoms with E-state index in [1.54, 1.807) is 36.3 Å². The molecule has 1 fully saturated rings. The lowest BCUT2D eigenvalue weighted by Crippen LogP contribution is -2.50. The van der Waals surface area contributed by atoms with Crippen molar-refractivity contribution in [2.75, 3.05) is 25.5 Å². The van der Waals surface area contributed by atoms with Crippen LogP contribution in [-0.4, -0.2) is 41.3 Å². The van der Waals surface area contributed by atoms with Gasteiger partial charge in [-0.25, -0.2) is 4.79 Å². The summed E-state index contributed by atoms with van der Waals surface area (Å²) in [4.78, 5) is 18.1. The van der Waals surface area contributed by atoms with Crippen molar-refractivity contribution in [2.24, 2.45) is 0 Å². The van der Waals surface area contributed by atoms with Gasteiger partial charge in [0.2, 0.25) is 11.7 Å². The van der Waals surface area contributed by atoms with Gasteiger partial charge in [-0.15, -0.1) is 0 Å². The molecule has 3 aromatic rings. The fourth-order valence-electron chi connectivity index (χ4n) is 3.03. The molecule has 156 valence electrons. The van der Waals surface area contributed by atoms with Gasteiger partial charge in [-0.05, 0) is 36.4 Å². The van der Waals surface area contributed by atoms with Crippen LogP contribution in [0.3, 0.4) is 0 Å². The summed E-state index contributed by atoms with van der Waals surface area (Å²) in [6.07, 6.45) is -4.45. The molecule has 30 heavy (non-hydrogen) atoms. The number of ether oxygens (including phenoxy) is 1. The maximum Gasteiger partial charge on any atom is 0.416 e. The summed E-state index contributed by atoms with van der Waals surface area (Å²) in [6, 6.07) is 11.4. The molecule has 0 saturated carbocycles. The Labute approximate surface area is 169 Å². The first-order valence-electron chi connectivity index (χ1n) is 9.04. The molecular weight excluding hydrogens is 401 g/mol. The van der Waals surface area contributed by atoms with Crippen molar-refractivity contribution < 1.29 is 27.2 Å². The Morgan fingerprint density at radius 1 is 1.20 bits per heavy atom. The normalized spacial score (nSPS) is 14.3. The van der Waals surface area contributed by atoms with E-state index in [4.69, 9.17) is 9.26 Å². The van der Waals surface area contributed by atoms with Crippen molar-refractivity contribution in [3.8, 4) is 17.1 Å². The summed E-state index contributed by atoms with van der Waals surface area (Å²) >= 11 is 0. The van der Waals surface area contributed by atoms with E-state index >= 15 is 0 Å². The van der Waals surface area contributed by atoms with Crippen LogP contribution in [0.25, 0.3) is 11.4 Å². The molecule has 2 heterocycles. The Hall–Kier alpha value is -3.56. The Balaban J connectivity index is 1.36. The molecule has 0 spiro atoms. The maximum atomic E-state index is 12.9. The third-order valence-corrected chi connectivity index (χ3v) is 4.75. The second-order valence-corrected chi connectivity index (χ2v) is 6.80. The van der Waals surface area contributed by atoms with Crippen LogP contribution in [0.2, 0.25) is 0 Å². The number of nitrogens with one attached hydrogen (secondary N) is 1. The number of carbonyl (C=O) groups is 1. The first-order valence-corrected chi connectivity index (χ1v) is 9.04. The zero-order chi connectivity index (χ0) is 21.3. The van der Waals surface area contributed by atoms with Gasteiger partial charge in [-0.3, -0.25) is 0 Å². The van der Waals surface area contributed by atoms with Crippen LogP contribution < -0.4 is 10.1 Å². The number of anilines is 1. The maximum absolute atomic E-state index is 12.9. The highest BCUT2D eigenvalue weighted by Crippen LogP contribution is 2.32. The number of aromatic nitrogens is 2. The molecule has 0 unspecified atom stereocenters. The molecule has 10 heteroatoms. The molecule has 0 aliphatic carbocycles. The number of amides is 2. The van der Waals surface area contributed by atoms with Crippen LogP contribution in [0.1, 0.15) is 17.4 Å². The quantitative estimate of drug-likeness (QED) is 0.680. The summed E-state index contributed by atoms with van der Waals surface area (Å²) in [5, 5.41) is 6.56. The number of urea groups is 1. The highest BCUT2D eigenvalue weighted by molar-refractivity contribution is 5.90. The molecule has 1 aliphatic rings. The SMILES string of the molecule is COc1ccc(NC(=O)N2CC(c3nc(-c4cccc(C(F)(F)F)c4)no3)C2)cc1. The predicted molar refractivity (Wildman–Crippen MR) is 101 cm³/mol. The lowest BCUT2D eigenvalue weighted by Gasteiger charge is -2.36. The minimum Gasteiger partial charge on any atom is -0.497 e. The molecule has 7 nitrogen and oxygen atoms in total.